The molecule has 2 aromatic heterocycles. The number of anilines is 1. The quantitative estimate of drug-likeness (QED) is 0.504. The molecule has 0 bridgehead atoms. The van der Waals surface area contributed by atoms with Gasteiger partial charge in [-0.3, -0.25) is 15.2 Å². The zero-order valence-electron chi connectivity index (χ0n) is 10.3. The van der Waals surface area contributed by atoms with Crippen molar-refractivity contribution >= 4 is 23.1 Å². The van der Waals surface area contributed by atoms with E-state index in [1.165, 1.54) is 6.92 Å². The maximum absolute atomic E-state index is 11.0. The van der Waals surface area contributed by atoms with Crippen molar-refractivity contribution in [2.75, 3.05) is 5.32 Å². The van der Waals surface area contributed by atoms with E-state index in [9.17, 15) is 10.1 Å². The van der Waals surface area contributed by atoms with Crippen molar-refractivity contribution in [3.05, 3.63) is 38.5 Å². The molecule has 0 saturated heterocycles. The van der Waals surface area contributed by atoms with Crippen LogP contribution in [-0.4, -0.2) is 25.1 Å². The van der Waals surface area contributed by atoms with Crippen LogP contribution in [0.3, 0.4) is 0 Å². The van der Waals surface area contributed by atoms with Gasteiger partial charge in [0.05, 0.1) is 11.1 Å². The molecular weight excluding hydrogens is 272 g/mol. The first-order valence-electron chi connectivity index (χ1n) is 5.40. The average Bonchev–Trinajstić information content (AvgIpc) is 2.70. The van der Waals surface area contributed by atoms with Crippen molar-refractivity contribution in [3.63, 3.8) is 0 Å². The minimum atomic E-state index is -0.532. The molecule has 2 N–H and O–H groups in total. The molecule has 8 nitrogen and oxygen atoms in total. The number of rotatable bonds is 4. The Balaban J connectivity index is 2.29. The highest BCUT2D eigenvalue weighted by Gasteiger charge is 2.21. The highest BCUT2D eigenvalue weighted by Crippen LogP contribution is 2.26. The van der Waals surface area contributed by atoms with E-state index in [1.807, 2.05) is 6.92 Å². The molecule has 2 aromatic rings. The van der Waals surface area contributed by atoms with Gasteiger partial charge in [0.25, 0.3) is 0 Å². The predicted molar refractivity (Wildman–Crippen MR) is 69.1 cm³/mol. The second-order valence-corrected chi connectivity index (χ2v) is 4.24. The standard InChI is InChI=1S/C10H11ClN6O2/c1-5-7(4-13-16-5)3-12-9-8(17(18)19)6(2)14-10(11)15-9/h4H,3H2,1-2H3,(H,13,16)(H,12,14,15). The van der Waals surface area contributed by atoms with Crippen molar-refractivity contribution in [1.82, 2.24) is 20.2 Å². The topological polar surface area (TPSA) is 110 Å². The van der Waals surface area contributed by atoms with E-state index in [1.54, 1.807) is 6.20 Å². The molecule has 0 aliphatic heterocycles. The number of aryl methyl sites for hydroxylation is 2. The highest BCUT2D eigenvalue weighted by atomic mass is 35.5. The van der Waals surface area contributed by atoms with Crippen molar-refractivity contribution in [3.8, 4) is 0 Å². The smallest absolute Gasteiger partial charge is 0.332 e. The second-order valence-electron chi connectivity index (χ2n) is 3.91. The van der Waals surface area contributed by atoms with Crippen molar-refractivity contribution in [2.24, 2.45) is 0 Å². The molecule has 0 aliphatic carbocycles. The third kappa shape index (κ3) is 2.79. The van der Waals surface area contributed by atoms with Crippen molar-refractivity contribution in [2.45, 2.75) is 20.4 Å². The SMILES string of the molecule is Cc1nc(Cl)nc(NCc2cn[nH]c2C)c1[N+](=O)[O-]. The van der Waals surface area contributed by atoms with Crippen LogP contribution in [0.2, 0.25) is 5.28 Å². The third-order valence-electron chi connectivity index (χ3n) is 2.59. The van der Waals surface area contributed by atoms with E-state index in [4.69, 9.17) is 11.6 Å². The molecule has 2 heterocycles. The summed E-state index contributed by atoms with van der Waals surface area (Å²) < 4.78 is 0. The Hall–Kier alpha value is -2.22. The van der Waals surface area contributed by atoms with Gasteiger partial charge in [-0.25, -0.2) is 4.98 Å². The van der Waals surface area contributed by atoms with Crippen LogP contribution >= 0.6 is 11.6 Å². The molecule has 0 aliphatic rings. The largest absolute Gasteiger partial charge is 0.360 e. The first kappa shape index (κ1) is 13.2. The summed E-state index contributed by atoms with van der Waals surface area (Å²) in [6.07, 6.45) is 1.64. The number of halogens is 1. The van der Waals surface area contributed by atoms with Gasteiger partial charge in [-0.05, 0) is 25.4 Å². The monoisotopic (exact) mass is 282 g/mol. The molecular formula is C10H11ClN6O2. The molecule has 0 amide bonds. The van der Waals surface area contributed by atoms with E-state index >= 15 is 0 Å². The fourth-order valence-electron chi connectivity index (χ4n) is 1.61. The van der Waals surface area contributed by atoms with Gasteiger partial charge >= 0.3 is 5.69 Å². The Morgan fingerprint density at radius 1 is 1.47 bits per heavy atom. The molecule has 19 heavy (non-hydrogen) atoms. The van der Waals surface area contributed by atoms with Gasteiger partial charge in [-0.2, -0.15) is 10.1 Å². The van der Waals surface area contributed by atoms with Gasteiger partial charge in [0.1, 0.15) is 5.69 Å². The van der Waals surface area contributed by atoms with Crippen LogP contribution in [0, 0.1) is 24.0 Å². The van der Waals surface area contributed by atoms with E-state index in [0.717, 1.165) is 11.3 Å². The lowest BCUT2D eigenvalue weighted by molar-refractivity contribution is -0.385. The number of hydrogen-bond donors (Lipinski definition) is 2. The fourth-order valence-corrected chi connectivity index (χ4v) is 1.82. The van der Waals surface area contributed by atoms with Gasteiger partial charge in [0, 0.05) is 17.8 Å². The minimum Gasteiger partial charge on any atom is -0.360 e. The van der Waals surface area contributed by atoms with Crippen LogP contribution in [0.25, 0.3) is 0 Å². The van der Waals surface area contributed by atoms with E-state index in [0.29, 0.717) is 6.54 Å². The Bertz CT molecular complexity index is 626. The number of H-pyrrole nitrogens is 1. The highest BCUT2D eigenvalue weighted by molar-refractivity contribution is 6.28. The summed E-state index contributed by atoms with van der Waals surface area (Å²) in [6.45, 7) is 3.73. The van der Waals surface area contributed by atoms with Gasteiger partial charge in [0.15, 0.2) is 0 Å². The molecule has 0 fully saturated rings. The number of nitro groups is 1. The molecule has 100 valence electrons. The number of nitrogens with zero attached hydrogens (tertiary/aromatic N) is 4. The Morgan fingerprint density at radius 3 is 2.79 bits per heavy atom. The van der Waals surface area contributed by atoms with Crippen LogP contribution in [0.15, 0.2) is 6.20 Å². The Labute approximate surface area is 113 Å². The molecule has 9 heteroatoms. The van der Waals surface area contributed by atoms with Crippen LogP contribution in [0.1, 0.15) is 17.0 Å². The van der Waals surface area contributed by atoms with Crippen LogP contribution < -0.4 is 5.32 Å². The maximum Gasteiger partial charge on any atom is 0.332 e. The molecule has 0 aromatic carbocycles. The fraction of sp³-hybridized carbons (Fsp3) is 0.300. The maximum atomic E-state index is 11.0. The number of aromatic nitrogens is 4. The van der Waals surface area contributed by atoms with E-state index in [-0.39, 0.29) is 22.5 Å². The molecule has 0 radical (unpaired) electrons. The predicted octanol–water partition coefficient (Wildman–Crippen LogP) is 1.99. The summed E-state index contributed by atoms with van der Waals surface area (Å²) >= 11 is 5.72. The first-order valence-corrected chi connectivity index (χ1v) is 5.78. The van der Waals surface area contributed by atoms with Crippen molar-refractivity contribution in [1.29, 1.82) is 0 Å². The molecule has 2 rings (SSSR count). The lowest BCUT2D eigenvalue weighted by atomic mass is 10.2. The lowest BCUT2D eigenvalue weighted by Gasteiger charge is -2.07. The molecule has 0 spiro atoms. The van der Waals surface area contributed by atoms with Gasteiger partial charge in [0.2, 0.25) is 11.1 Å². The Morgan fingerprint density at radius 2 is 2.21 bits per heavy atom. The minimum absolute atomic E-state index is 0.0329. The van der Waals surface area contributed by atoms with E-state index in [2.05, 4.69) is 25.5 Å². The summed E-state index contributed by atoms with van der Waals surface area (Å²) in [7, 11) is 0. The molecule has 0 atom stereocenters. The van der Waals surface area contributed by atoms with Crippen molar-refractivity contribution < 1.29 is 4.92 Å². The van der Waals surface area contributed by atoms with E-state index < -0.39 is 4.92 Å². The molecule has 0 saturated carbocycles. The summed E-state index contributed by atoms with van der Waals surface area (Å²) in [4.78, 5) is 18.1. The summed E-state index contributed by atoms with van der Waals surface area (Å²) in [6, 6.07) is 0. The van der Waals surface area contributed by atoms with Gasteiger partial charge < -0.3 is 5.32 Å². The normalized spacial score (nSPS) is 10.5. The Kier molecular flexibility index (Phi) is 3.61. The number of aromatic amines is 1. The first-order chi connectivity index (χ1) is 8.99. The zero-order valence-corrected chi connectivity index (χ0v) is 11.0. The third-order valence-corrected chi connectivity index (χ3v) is 2.76. The summed E-state index contributed by atoms with van der Waals surface area (Å²) in [5, 5.41) is 20.5. The zero-order chi connectivity index (χ0) is 14.0. The lowest BCUT2D eigenvalue weighted by Crippen LogP contribution is -2.08. The number of hydrogen-bond acceptors (Lipinski definition) is 6. The van der Waals surface area contributed by atoms with Crippen LogP contribution in [-0.2, 0) is 6.54 Å². The molecule has 0 unspecified atom stereocenters. The number of nitrogens with one attached hydrogen (secondary N) is 2. The van der Waals surface area contributed by atoms with Crippen LogP contribution in [0.4, 0.5) is 11.5 Å². The summed E-state index contributed by atoms with van der Waals surface area (Å²) in [5.74, 6) is 0.100. The van der Waals surface area contributed by atoms with Crippen LogP contribution in [0.5, 0.6) is 0 Å². The second kappa shape index (κ2) is 5.19. The average molecular weight is 283 g/mol. The van der Waals surface area contributed by atoms with Gasteiger partial charge in [-0.1, -0.05) is 0 Å². The summed E-state index contributed by atoms with van der Waals surface area (Å²) in [5.41, 5.74) is 1.82. The van der Waals surface area contributed by atoms with Gasteiger partial charge in [-0.15, -0.1) is 0 Å².